The molecule has 0 aliphatic carbocycles. The molecule has 1 atom stereocenters. The van der Waals surface area contributed by atoms with E-state index in [1.54, 1.807) is 6.07 Å². The molecule has 2 rings (SSSR count). The number of hydrogen-bond donors (Lipinski definition) is 1. The summed E-state index contributed by atoms with van der Waals surface area (Å²) in [6.45, 7) is 0.920. The van der Waals surface area contributed by atoms with E-state index in [1.807, 2.05) is 0 Å². The lowest BCUT2D eigenvalue weighted by Crippen LogP contribution is -2.26. The Morgan fingerprint density at radius 2 is 2.25 bits per heavy atom. The van der Waals surface area contributed by atoms with Crippen LogP contribution in [0.3, 0.4) is 0 Å². The van der Waals surface area contributed by atoms with E-state index < -0.39 is 16.4 Å². The van der Waals surface area contributed by atoms with E-state index in [1.165, 1.54) is 12.1 Å². The second-order valence-corrected chi connectivity index (χ2v) is 3.97. The Morgan fingerprint density at radius 3 is 2.81 bits per heavy atom. The monoisotopic (exact) mass is 224 g/mol. The van der Waals surface area contributed by atoms with Crippen molar-refractivity contribution < 1.29 is 9.31 Å². The molecule has 0 aromatic heterocycles. The molecule has 1 unspecified atom stereocenters. The van der Waals surface area contributed by atoms with E-state index in [0.717, 1.165) is 31.4 Å². The average Bonchev–Trinajstić information content (AvgIpc) is 2.29. The first-order valence-electron chi connectivity index (χ1n) is 5.35. The maximum Gasteiger partial charge on any atom is 0.304 e. The van der Waals surface area contributed by atoms with Gasteiger partial charge in [-0.25, -0.2) is 0 Å². The van der Waals surface area contributed by atoms with E-state index >= 15 is 0 Å². The lowest BCUT2D eigenvalue weighted by atomic mass is 9.97. The molecule has 1 fully saturated rings. The van der Waals surface area contributed by atoms with Crippen LogP contribution in [0.2, 0.25) is 0 Å². The fraction of sp³-hybridized carbons (Fsp3) is 0.455. The summed E-state index contributed by atoms with van der Waals surface area (Å²) in [7, 11) is 0. The first-order chi connectivity index (χ1) is 7.68. The number of hydrogen-bond acceptors (Lipinski definition) is 3. The molecule has 4 nitrogen and oxygen atoms in total. The van der Waals surface area contributed by atoms with Crippen LogP contribution in [0.1, 0.15) is 30.9 Å². The van der Waals surface area contributed by atoms with Crippen molar-refractivity contribution in [3.63, 3.8) is 0 Å². The highest BCUT2D eigenvalue weighted by Crippen LogP contribution is 2.26. The second kappa shape index (κ2) is 4.57. The summed E-state index contributed by atoms with van der Waals surface area (Å²) in [6, 6.07) is 4.26. The summed E-state index contributed by atoms with van der Waals surface area (Å²) in [5, 5.41) is 13.7. The van der Waals surface area contributed by atoms with E-state index in [2.05, 4.69) is 5.32 Å². The predicted molar refractivity (Wildman–Crippen MR) is 57.6 cm³/mol. The Morgan fingerprint density at radius 1 is 1.44 bits per heavy atom. The fourth-order valence-electron chi connectivity index (χ4n) is 2.02. The van der Waals surface area contributed by atoms with Crippen molar-refractivity contribution in [1.29, 1.82) is 0 Å². The average molecular weight is 224 g/mol. The van der Waals surface area contributed by atoms with Crippen LogP contribution in [0.15, 0.2) is 18.2 Å². The van der Waals surface area contributed by atoms with Crippen LogP contribution >= 0.6 is 0 Å². The minimum absolute atomic E-state index is 0.129. The minimum Gasteiger partial charge on any atom is -0.310 e. The number of rotatable bonds is 2. The summed E-state index contributed by atoms with van der Waals surface area (Å²) >= 11 is 0. The van der Waals surface area contributed by atoms with Crippen LogP contribution in [0.25, 0.3) is 0 Å². The van der Waals surface area contributed by atoms with Crippen LogP contribution in [-0.2, 0) is 0 Å². The lowest BCUT2D eigenvalue weighted by molar-refractivity contribution is -0.387. The summed E-state index contributed by atoms with van der Waals surface area (Å²) in [5.74, 6) is -0.755. The molecule has 1 aromatic carbocycles. The molecule has 0 spiro atoms. The molecule has 1 N–H and O–H groups in total. The third kappa shape index (κ3) is 2.19. The molecule has 0 bridgehead atoms. The van der Waals surface area contributed by atoms with Crippen molar-refractivity contribution in [3.8, 4) is 0 Å². The zero-order valence-electron chi connectivity index (χ0n) is 8.78. The van der Waals surface area contributed by atoms with E-state index in [0.29, 0.717) is 0 Å². The van der Waals surface area contributed by atoms with Crippen LogP contribution in [0, 0.1) is 15.9 Å². The van der Waals surface area contributed by atoms with Gasteiger partial charge >= 0.3 is 5.69 Å². The van der Waals surface area contributed by atoms with Crippen LogP contribution in [0.5, 0.6) is 0 Å². The maximum atomic E-state index is 13.4. The molecule has 1 heterocycles. The van der Waals surface area contributed by atoms with Crippen molar-refractivity contribution in [2.24, 2.45) is 0 Å². The van der Waals surface area contributed by atoms with Gasteiger partial charge < -0.3 is 5.32 Å². The molecule has 1 aromatic rings. The van der Waals surface area contributed by atoms with Crippen molar-refractivity contribution in [3.05, 3.63) is 39.7 Å². The SMILES string of the molecule is O=[N+]([O-])c1ccc(C2CCCCN2)cc1F. The number of halogens is 1. The Kier molecular flexibility index (Phi) is 3.14. The van der Waals surface area contributed by atoms with Gasteiger partial charge in [-0.05, 0) is 31.0 Å². The number of nitrogens with one attached hydrogen (secondary N) is 1. The van der Waals surface area contributed by atoms with Gasteiger partial charge in [0.15, 0.2) is 0 Å². The van der Waals surface area contributed by atoms with Gasteiger partial charge in [-0.3, -0.25) is 10.1 Å². The lowest BCUT2D eigenvalue weighted by Gasteiger charge is -2.23. The Hall–Kier alpha value is -1.49. The molecule has 5 heteroatoms. The molecule has 1 aliphatic rings. The topological polar surface area (TPSA) is 55.2 Å². The second-order valence-electron chi connectivity index (χ2n) is 3.97. The fourth-order valence-corrected chi connectivity index (χ4v) is 2.02. The first-order valence-corrected chi connectivity index (χ1v) is 5.35. The number of nitrogens with zero attached hydrogens (tertiary/aromatic N) is 1. The smallest absolute Gasteiger partial charge is 0.304 e. The van der Waals surface area contributed by atoms with Crippen molar-refractivity contribution in [2.75, 3.05) is 6.54 Å². The standard InChI is InChI=1S/C11H13FN2O2/c12-9-7-8(4-5-11(9)14(15)16)10-3-1-2-6-13-10/h4-5,7,10,13H,1-3,6H2. The third-order valence-electron chi connectivity index (χ3n) is 2.88. The molecule has 16 heavy (non-hydrogen) atoms. The van der Waals surface area contributed by atoms with Crippen molar-refractivity contribution in [2.45, 2.75) is 25.3 Å². The molecular formula is C11H13FN2O2. The molecule has 0 amide bonds. The van der Waals surface area contributed by atoms with E-state index in [-0.39, 0.29) is 6.04 Å². The first kappa shape index (κ1) is 11.0. The number of benzene rings is 1. The Bertz CT molecular complexity index is 403. The van der Waals surface area contributed by atoms with Gasteiger partial charge in [-0.15, -0.1) is 0 Å². The number of nitro groups is 1. The highest BCUT2D eigenvalue weighted by atomic mass is 19.1. The molecule has 1 saturated heterocycles. The number of nitro benzene ring substituents is 1. The molecule has 0 saturated carbocycles. The van der Waals surface area contributed by atoms with Gasteiger partial charge in [0.1, 0.15) is 0 Å². The van der Waals surface area contributed by atoms with Gasteiger partial charge in [0.25, 0.3) is 0 Å². The van der Waals surface area contributed by atoms with Gasteiger partial charge in [-0.1, -0.05) is 12.5 Å². The third-order valence-corrected chi connectivity index (χ3v) is 2.88. The Balaban J connectivity index is 2.23. The van der Waals surface area contributed by atoms with Gasteiger partial charge in [0, 0.05) is 12.1 Å². The van der Waals surface area contributed by atoms with Crippen LogP contribution < -0.4 is 5.32 Å². The summed E-state index contributed by atoms with van der Waals surface area (Å²) in [4.78, 5) is 9.76. The molecule has 86 valence electrons. The van der Waals surface area contributed by atoms with Gasteiger partial charge in [0.05, 0.1) is 4.92 Å². The summed E-state index contributed by atoms with van der Waals surface area (Å²) in [5.41, 5.74) is 0.336. The summed E-state index contributed by atoms with van der Waals surface area (Å²) < 4.78 is 13.4. The van der Waals surface area contributed by atoms with Gasteiger partial charge in [-0.2, -0.15) is 4.39 Å². The molecular weight excluding hydrogens is 211 g/mol. The van der Waals surface area contributed by atoms with E-state index in [4.69, 9.17) is 0 Å². The quantitative estimate of drug-likeness (QED) is 0.620. The Labute approximate surface area is 92.6 Å². The molecule has 0 radical (unpaired) electrons. The highest BCUT2D eigenvalue weighted by molar-refractivity contribution is 5.36. The molecule has 1 aliphatic heterocycles. The van der Waals surface area contributed by atoms with Crippen LogP contribution in [-0.4, -0.2) is 11.5 Å². The minimum atomic E-state index is -0.755. The van der Waals surface area contributed by atoms with Crippen molar-refractivity contribution >= 4 is 5.69 Å². The van der Waals surface area contributed by atoms with Crippen LogP contribution in [0.4, 0.5) is 10.1 Å². The zero-order valence-corrected chi connectivity index (χ0v) is 8.78. The normalized spacial score (nSPS) is 20.7. The van der Waals surface area contributed by atoms with Crippen molar-refractivity contribution in [1.82, 2.24) is 5.32 Å². The van der Waals surface area contributed by atoms with E-state index in [9.17, 15) is 14.5 Å². The summed E-state index contributed by atoms with van der Waals surface area (Å²) in [6.07, 6.45) is 3.19. The number of piperidine rings is 1. The zero-order chi connectivity index (χ0) is 11.5. The van der Waals surface area contributed by atoms with Gasteiger partial charge in [0.2, 0.25) is 5.82 Å². The maximum absolute atomic E-state index is 13.4. The highest BCUT2D eigenvalue weighted by Gasteiger charge is 2.19. The largest absolute Gasteiger partial charge is 0.310 e. The predicted octanol–water partition coefficient (Wildman–Crippen LogP) is 2.55.